The van der Waals surface area contributed by atoms with E-state index in [-0.39, 0.29) is 24.2 Å². The lowest BCUT2D eigenvalue weighted by Gasteiger charge is -2.30. The molecule has 0 unspecified atom stereocenters. The Morgan fingerprint density at radius 1 is 1.30 bits per heavy atom. The van der Waals surface area contributed by atoms with Gasteiger partial charge in [0.25, 0.3) is 5.91 Å². The van der Waals surface area contributed by atoms with Crippen LogP contribution in [0.3, 0.4) is 0 Å². The van der Waals surface area contributed by atoms with Gasteiger partial charge in [0.1, 0.15) is 5.75 Å². The Morgan fingerprint density at radius 3 is 2.52 bits per heavy atom. The Hall–Kier alpha value is -2.18. The molecule has 0 heterocycles. The normalized spacial score (nSPS) is 16.1. The van der Waals surface area contributed by atoms with Crippen LogP contribution in [0.25, 0.3) is 0 Å². The minimum atomic E-state index is -1.05. The van der Waals surface area contributed by atoms with Crippen molar-refractivity contribution >= 4 is 11.8 Å². The van der Waals surface area contributed by atoms with E-state index in [2.05, 4.69) is 0 Å². The number of carbonyl (C=O) groups is 2. The zero-order valence-electron chi connectivity index (χ0n) is 12.9. The topological polar surface area (TPSA) is 72.6 Å². The monoisotopic (exact) mass is 326 g/mol. The van der Waals surface area contributed by atoms with Crippen LogP contribution in [0.15, 0.2) is 18.2 Å². The van der Waals surface area contributed by atoms with E-state index in [9.17, 15) is 18.4 Å². The van der Waals surface area contributed by atoms with Crippen molar-refractivity contribution in [2.45, 2.75) is 44.8 Å². The van der Waals surface area contributed by atoms with Gasteiger partial charge in [0.05, 0.1) is 6.54 Å². The van der Waals surface area contributed by atoms with Gasteiger partial charge in [0.2, 0.25) is 5.91 Å². The van der Waals surface area contributed by atoms with Gasteiger partial charge in [0.15, 0.2) is 17.7 Å². The maximum Gasteiger partial charge on any atom is 0.264 e. The van der Waals surface area contributed by atoms with Gasteiger partial charge in [0, 0.05) is 12.1 Å². The molecule has 23 heavy (non-hydrogen) atoms. The van der Waals surface area contributed by atoms with Gasteiger partial charge >= 0.3 is 0 Å². The molecule has 1 saturated carbocycles. The molecule has 1 fully saturated rings. The molecule has 2 rings (SSSR count). The van der Waals surface area contributed by atoms with Crippen molar-refractivity contribution in [1.29, 1.82) is 0 Å². The second-order valence-corrected chi connectivity index (χ2v) is 5.71. The summed E-state index contributed by atoms with van der Waals surface area (Å²) in [6.07, 6.45) is 2.69. The first-order chi connectivity index (χ1) is 10.9. The predicted molar refractivity (Wildman–Crippen MR) is 79.6 cm³/mol. The van der Waals surface area contributed by atoms with Crippen LogP contribution < -0.4 is 10.5 Å². The highest BCUT2D eigenvalue weighted by atomic mass is 19.2. The largest absolute Gasteiger partial charge is 0.481 e. The Kier molecular flexibility index (Phi) is 5.52. The minimum absolute atomic E-state index is 0.0361. The summed E-state index contributed by atoms with van der Waals surface area (Å²) in [5, 5.41) is 0. The molecular formula is C16H20F2N2O3. The van der Waals surface area contributed by atoms with Crippen LogP contribution in [0.2, 0.25) is 0 Å². The number of nitrogens with two attached hydrogens (primary N) is 1. The third-order valence-electron chi connectivity index (χ3n) is 3.93. The molecule has 7 heteroatoms. The van der Waals surface area contributed by atoms with Gasteiger partial charge < -0.3 is 15.4 Å². The average molecular weight is 326 g/mol. The summed E-state index contributed by atoms with van der Waals surface area (Å²) in [7, 11) is 0. The second kappa shape index (κ2) is 7.39. The first-order valence-electron chi connectivity index (χ1n) is 7.59. The number of hydrogen-bond donors (Lipinski definition) is 1. The zero-order valence-corrected chi connectivity index (χ0v) is 12.9. The summed E-state index contributed by atoms with van der Waals surface area (Å²) < 4.78 is 31.5. The van der Waals surface area contributed by atoms with Gasteiger partial charge in [-0.2, -0.15) is 0 Å². The lowest BCUT2D eigenvalue weighted by atomic mass is 10.2. The van der Waals surface area contributed by atoms with Gasteiger partial charge in [-0.25, -0.2) is 8.78 Å². The van der Waals surface area contributed by atoms with E-state index < -0.39 is 23.6 Å². The SMILES string of the molecule is C[C@H](Oc1ccc(F)c(F)c1)C(=O)N(CC(N)=O)C1CCCC1. The Morgan fingerprint density at radius 2 is 1.96 bits per heavy atom. The summed E-state index contributed by atoms with van der Waals surface area (Å²) in [4.78, 5) is 25.2. The molecule has 0 bridgehead atoms. The van der Waals surface area contributed by atoms with Crippen LogP contribution in [0.4, 0.5) is 8.78 Å². The summed E-state index contributed by atoms with van der Waals surface area (Å²) in [5.74, 6) is -2.97. The van der Waals surface area contributed by atoms with Gasteiger partial charge in [-0.15, -0.1) is 0 Å². The number of rotatable bonds is 6. The standard InChI is InChI=1S/C16H20F2N2O3/c1-10(23-12-6-7-13(17)14(18)8-12)16(22)20(9-15(19)21)11-4-2-3-5-11/h6-8,10-11H,2-5,9H2,1H3,(H2,19,21)/t10-/m0/s1. The number of ether oxygens (including phenoxy) is 1. The summed E-state index contributed by atoms with van der Waals surface area (Å²) in [6.45, 7) is 1.33. The van der Waals surface area contributed by atoms with Crippen LogP contribution in [-0.2, 0) is 9.59 Å². The summed E-state index contributed by atoms with van der Waals surface area (Å²) in [6, 6.07) is 3.02. The average Bonchev–Trinajstić information content (AvgIpc) is 3.01. The van der Waals surface area contributed by atoms with Crippen molar-refractivity contribution in [1.82, 2.24) is 4.90 Å². The van der Waals surface area contributed by atoms with E-state index >= 15 is 0 Å². The van der Waals surface area contributed by atoms with Crippen molar-refractivity contribution in [3.63, 3.8) is 0 Å². The molecule has 0 aliphatic heterocycles. The molecule has 2 amide bonds. The number of benzene rings is 1. The molecule has 1 aromatic rings. The molecule has 126 valence electrons. The van der Waals surface area contributed by atoms with E-state index in [4.69, 9.17) is 10.5 Å². The number of carbonyl (C=O) groups excluding carboxylic acids is 2. The molecule has 1 aromatic carbocycles. The molecule has 0 saturated heterocycles. The molecule has 1 aliphatic rings. The molecular weight excluding hydrogens is 306 g/mol. The smallest absolute Gasteiger partial charge is 0.264 e. The summed E-state index contributed by atoms with van der Waals surface area (Å²) in [5.41, 5.74) is 5.22. The lowest BCUT2D eigenvalue weighted by Crippen LogP contribution is -2.49. The molecule has 2 N–H and O–H groups in total. The maximum atomic E-state index is 13.2. The number of primary amides is 1. The number of halogens is 2. The van der Waals surface area contributed by atoms with Crippen LogP contribution in [0.1, 0.15) is 32.6 Å². The molecule has 1 aliphatic carbocycles. The first kappa shape index (κ1) is 17.2. The van der Waals surface area contributed by atoms with Gasteiger partial charge in [-0.1, -0.05) is 12.8 Å². The predicted octanol–water partition coefficient (Wildman–Crippen LogP) is 1.99. The Labute approximate surface area is 133 Å². The highest BCUT2D eigenvalue weighted by Crippen LogP contribution is 2.25. The maximum absolute atomic E-state index is 13.2. The number of hydrogen-bond acceptors (Lipinski definition) is 3. The fourth-order valence-corrected chi connectivity index (χ4v) is 2.81. The molecule has 0 spiro atoms. The minimum Gasteiger partial charge on any atom is -0.481 e. The van der Waals surface area contributed by atoms with E-state index in [0.29, 0.717) is 0 Å². The molecule has 5 nitrogen and oxygen atoms in total. The lowest BCUT2D eigenvalue weighted by molar-refractivity contribution is -0.143. The third kappa shape index (κ3) is 4.40. The van der Waals surface area contributed by atoms with Crippen molar-refractivity contribution in [3.05, 3.63) is 29.8 Å². The van der Waals surface area contributed by atoms with Crippen molar-refractivity contribution in [2.24, 2.45) is 5.73 Å². The van der Waals surface area contributed by atoms with E-state index in [1.807, 2.05) is 0 Å². The molecule has 1 atom stereocenters. The van der Waals surface area contributed by atoms with Crippen LogP contribution in [-0.4, -0.2) is 35.4 Å². The highest BCUT2D eigenvalue weighted by Gasteiger charge is 2.31. The van der Waals surface area contributed by atoms with Crippen molar-refractivity contribution < 1.29 is 23.1 Å². The fraction of sp³-hybridized carbons (Fsp3) is 0.500. The molecule has 0 aromatic heterocycles. The fourth-order valence-electron chi connectivity index (χ4n) is 2.81. The third-order valence-corrected chi connectivity index (χ3v) is 3.93. The van der Waals surface area contributed by atoms with Crippen molar-refractivity contribution in [2.75, 3.05) is 6.54 Å². The van der Waals surface area contributed by atoms with E-state index in [1.54, 1.807) is 0 Å². The van der Waals surface area contributed by atoms with E-state index in [1.165, 1.54) is 17.9 Å². The Bertz CT molecular complexity index is 589. The number of amides is 2. The Balaban J connectivity index is 2.07. The van der Waals surface area contributed by atoms with Crippen LogP contribution >= 0.6 is 0 Å². The molecule has 0 radical (unpaired) electrons. The van der Waals surface area contributed by atoms with Gasteiger partial charge in [-0.05, 0) is 31.9 Å². The van der Waals surface area contributed by atoms with Crippen molar-refractivity contribution in [3.8, 4) is 5.75 Å². The van der Waals surface area contributed by atoms with Crippen LogP contribution in [0.5, 0.6) is 5.75 Å². The first-order valence-corrected chi connectivity index (χ1v) is 7.59. The zero-order chi connectivity index (χ0) is 17.0. The quantitative estimate of drug-likeness (QED) is 0.869. The second-order valence-electron chi connectivity index (χ2n) is 5.71. The van der Waals surface area contributed by atoms with E-state index in [0.717, 1.165) is 37.8 Å². The van der Waals surface area contributed by atoms with Crippen LogP contribution in [0, 0.1) is 11.6 Å². The number of nitrogens with zero attached hydrogens (tertiary/aromatic N) is 1. The highest BCUT2D eigenvalue weighted by molar-refractivity contribution is 5.86. The summed E-state index contributed by atoms with van der Waals surface area (Å²) >= 11 is 0. The van der Waals surface area contributed by atoms with Gasteiger partial charge in [-0.3, -0.25) is 9.59 Å².